The van der Waals surface area contributed by atoms with Crippen LogP contribution in [0, 0.1) is 23.2 Å². The minimum absolute atomic E-state index is 0.386. The molecule has 0 aromatic rings. The molecule has 1 nitrogen and oxygen atoms in total. The number of piperidine rings is 1. The first-order valence-corrected chi connectivity index (χ1v) is 7.81. The summed E-state index contributed by atoms with van der Waals surface area (Å²) in [5.74, 6) is 3.53. The first-order valence-electron chi connectivity index (χ1n) is 7.17. The van der Waals surface area contributed by atoms with Gasteiger partial charge in [0.2, 0.25) is 0 Å². The normalized spacial score (nSPS) is 22.1. The lowest BCUT2D eigenvalue weighted by atomic mass is 9.80. The lowest BCUT2D eigenvalue weighted by Crippen LogP contribution is -2.41. The van der Waals surface area contributed by atoms with Crippen LogP contribution in [-0.2, 0) is 0 Å². The third kappa shape index (κ3) is 4.82. The van der Waals surface area contributed by atoms with E-state index in [9.17, 15) is 0 Å². The summed E-state index contributed by atoms with van der Waals surface area (Å²) < 4.78 is 0. The van der Waals surface area contributed by atoms with Gasteiger partial charge in [-0.1, -0.05) is 34.6 Å². The number of hydrogen-bond acceptors (Lipinski definition) is 2. The van der Waals surface area contributed by atoms with Gasteiger partial charge in [0.25, 0.3) is 0 Å². The van der Waals surface area contributed by atoms with Crippen LogP contribution in [0.5, 0.6) is 0 Å². The molecular formula is C15H31NS. The summed E-state index contributed by atoms with van der Waals surface area (Å²) in [6.07, 6.45) is 2.78. The van der Waals surface area contributed by atoms with E-state index in [0.29, 0.717) is 11.3 Å². The molecule has 0 aromatic heterocycles. The molecule has 17 heavy (non-hydrogen) atoms. The SMILES string of the molecule is CC(C)C1CCN(CC(CS)C(C)(C)C)CC1. The summed E-state index contributed by atoms with van der Waals surface area (Å²) in [6, 6.07) is 0. The Morgan fingerprint density at radius 2 is 1.71 bits per heavy atom. The van der Waals surface area contributed by atoms with Crippen LogP contribution in [0.2, 0.25) is 0 Å². The van der Waals surface area contributed by atoms with Crippen molar-refractivity contribution in [2.75, 3.05) is 25.4 Å². The Morgan fingerprint density at radius 1 is 1.18 bits per heavy atom. The molecule has 0 N–H and O–H groups in total. The molecule has 0 bridgehead atoms. The molecule has 2 heteroatoms. The van der Waals surface area contributed by atoms with Crippen molar-refractivity contribution in [3.05, 3.63) is 0 Å². The highest BCUT2D eigenvalue weighted by atomic mass is 32.1. The maximum absolute atomic E-state index is 4.53. The van der Waals surface area contributed by atoms with Gasteiger partial charge in [-0.25, -0.2) is 0 Å². The molecule has 1 aliphatic heterocycles. The van der Waals surface area contributed by atoms with E-state index in [1.165, 1.54) is 32.5 Å². The predicted molar refractivity (Wildman–Crippen MR) is 80.8 cm³/mol. The maximum Gasteiger partial charge on any atom is 0.00225 e. The van der Waals surface area contributed by atoms with Gasteiger partial charge in [0, 0.05) is 6.54 Å². The van der Waals surface area contributed by atoms with Gasteiger partial charge in [-0.05, 0) is 54.9 Å². The van der Waals surface area contributed by atoms with E-state index in [1.54, 1.807) is 0 Å². The van der Waals surface area contributed by atoms with Crippen molar-refractivity contribution >= 4 is 12.6 Å². The molecule has 0 radical (unpaired) electrons. The molecule has 1 heterocycles. The summed E-state index contributed by atoms with van der Waals surface area (Å²) >= 11 is 4.53. The summed E-state index contributed by atoms with van der Waals surface area (Å²) in [5, 5.41) is 0. The molecule has 0 aromatic carbocycles. The van der Waals surface area contributed by atoms with Crippen molar-refractivity contribution in [1.29, 1.82) is 0 Å². The number of thiol groups is 1. The quantitative estimate of drug-likeness (QED) is 0.747. The Hall–Kier alpha value is 0.310. The van der Waals surface area contributed by atoms with Gasteiger partial charge in [-0.15, -0.1) is 0 Å². The predicted octanol–water partition coefficient (Wildman–Crippen LogP) is 3.95. The van der Waals surface area contributed by atoms with E-state index >= 15 is 0 Å². The zero-order valence-corrected chi connectivity index (χ0v) is 13.3. The molecular weight excluding hydrogens is 226 g/mol. The average molecular weight is 257 g/mol. The first-order chi connectivity index (χ1) is 7.84. The fourth-order valence-electron chi connectivity index (χ4n) is 2.72. The molecule has 1 fully saturated rings. The lowest BCUT2D eigenvalue weighted by molar-refractivity contribution is 0.112. The van der Waals surface area contributed by atoms with Gasteiger partial charge in [-0.3, -0.25) is 0 Å². The molecule has 1 saturated heterocycles. The number of likely N-dealkylation sites (tertiary alicyclic amines) is 1. The fourth-order valence-corrected chi connectivity index (χ4v) is 3.38. The number of hydrogen-bond donors (Lipinski definition) is 1. The van der Waals surface area contributed by atoms with Gasteiger partial charge in [0.05, 0.1) is 0 Å². The van der Waals surface area contributed by atoms with Crippen molar-refractivity contribution in [3.8, 4) is 0 Å². The van der Waals surface area contributed by atoms with Gasteiger partial charge in [0.1, 0.15) is 0 Å². The minimum Gasteiger partial charge on any atom is -0.303 e. The van der Waals surface area contributed by atoms with Crippen LogP contribution in [0.25, 0.3) is 0 Å². The Morgan fingerprint density at radius 3 is 2.06 bits per heavy atom. The maximum atomic E-state index is 4.53. The summed E-state index contributed by atoms with van der Waals surface area (Å²) in [4.78, 5) is 2.66. The minimum atomic E-state index is 0.386. The van der Waals surface area contributed by atoms with Gasteiger partial charge in [-0.2, -0.15) is 12.6 Å². The Balaban J connectivity index is 2.39. The topological polar surface area (TPSA) is 3.24 Å². The summed E-state index contributed by atoms with van der Waals surface area (Å²) in [7, 11) is 0. The Labute approximate surface area is 114 Å². The molecule has 1 aliphatic rings. The second-order valence-corrected chi connectivity index (χ2v) is 7.49. The first kappa shape index (κ1) is 15.4. The van der Waals surface area contributed by atoms with E-state index in [0.717, 1.165) is 17.6 Å². The van der Waals surface area contributed by atoms with Crippen molar-refractivity contribution in [2.45, 2.75) is 47.5 Å². The van der Waals surface area contributed by atoms with Crippen molar-refractivity contribution in [3.63, 3.8) is 0 Å². The Bertz CT molecular complexity index is 211. The van der Waals surface area contributed by atoms with Gasteiger partial charge < -0.3 is 4.90 Å². The summed E-state index contributed by atoms with van der Waals surface area (Å²) in [6.45, 7) is 15.6. The zero-order valence-electron chi connectivity index (χ0n) is 12.4. The van der Waals surface area contributed by atoms with Crippen LogP contribution in [0.15, 0.2) is 0 Å². The van der Waals surface area contributed by atoms with Crippen LogP contribution < -0.4 is 0 Å². The van der Waals surface area contributed by atoms with Crippen LogP contribution in [-0.4, -0.2) is 30.3 Å². The van der Waals surface area contributed by atoms with E-state index in [4.69, 9.17) is 0 Å². The van der Waals surface area contributed by atoms with Crippen molar-refractivity contribution < 1.29 is 0 Å². The largest absolute Gasteiger partial charge is 0.303 e. The van der Waals surface area contributed by atoms with E-state index in [1.807, 2.05) is 0 Å². The molecule has 1 unspecified atom stereocenters. The lowest BCUT2D eigenvalue weighted by Gasteiger charge is -2.39. The second kappa shape index (κ2) is 6.47. The van der Waals surface area contributed by atoms with Crippen LogP contribution >= 0.6 is 12.6 Å². The second-order valence-electron chi connectivity index (χ2n) is 7.13. The standard InChI is InChI=1S/C15H31NS/c1-12(2)13-6-8-16(9-7-13)10-14(11-17)15(3,4)5/h12-14,17H,6-11H2,1-5H3. The highest BCUT2D eigenvalue weighted by Crippen LogP contribution is 2.30. The highest BCUT2D eigenvalue weighted by molar-refractivity contribution is 7.80. The monoisotopic (exact) mass is 257 g/mol. The van der Waals surface area contributed by atoms with E-state index in [2.05, 4.69) is 52.1 Å². The third-order valence-corrected chi connectivity index (χ3v) is 4.94. The fraction of sp³-hybridized carbons (Fsp3) is 1.00. The molecule has 1 atom stereocenters. The van der Waals surface area contributed by atoms with Crippen LogP contribution in [0.1, 0.15) is 47.5 Å². The number of nitrogens with zero attached hydrogens (tertiary/aromatic N) is 1. The van der Waals surface area contributed by atoms with Gasteiger partial charge >= 0.3 is 0 Å². The molecule has 1 rings (SSSR count). The average Bonchev–Trinajstić information content (AvgIpc) is 2.24. The third-order valence-electron chi connectivity index (χ3n) is 4.50. The molecule has 0 aliphatic carbocycles. The smallest absolute Gasteiger partial charge is 0.00225 e. The van der Waals surface area contributed by atoms with E-state index < -0.39 is 0 Å². The number of rotatable bonds is 4. The van der Waals surface area contributed by atoms with Crippen molar-refractivity contribution in [2.24, 2.45) is 23.2 Å². The Kier molecular flexibility index (Phi) is 5.85. The van der Waals surface area contributed by atoms with Crippen molar-refractivity contribution in [1.82, 2.24) is 4.90 Å². The molecule has 0 amide bonds. The molecule has 0 spiro atoms. The molecule has 102 valence electrons. The van der Waals surface area contributed by atoms with Crippen LogP contribution in [0.4, 0.5) is 0 Å². The van der Waals surface area contributed by atoms with Crippen LogP contribution in [0.3, 0.4) is 0 Å². The zero-order chi connectivity index (χ0) is 13.1. The summed E-state index contributed by atoms with van der Waals surface area (Å²) in [5.41, 5.74) is 0.386. The highest BCUT2D eigenvalue weighted by Gasteiger charge is 2.28. The van der Waals surface area contributed by atoms with Gasteiger partial charge in [0.15, 0.2) is 0 Å². The van der Waals surface area contributed by atoms with E-state index in [-0.39, 0.29) is 0 Å². The molecule has 0 saturated carbocycles.